The first-order valence-corrected chi connectivity index (χ1v) is 9.44. The molecule has 0 spiro atoms. The minimum absolute atomic E-state index is 0.0474. The second kappa shape index (κ2) is 9.62. The Morgan fingerprint density at radius 3 is 2.63 bits per heavy atom. The maximum absolute atomic E-state index is 14.1. The molecule has 0 saturated carbocycles. The fourth-order valence-corrected chi connectivity index (χ4v) is 3.76. The SMILES string of the molecule is COCCNC(=O)C1CC(c2ccccc2)CN(Cc2ccccc2F)C1. The molecule has 1 N–H and O–H groups in total. The van der Waals surface area contributed by atoms with Gasteiger partial charge in [0.2, 0.25) is 5.91 Å². The third kappa shape index (κ3) is 5.37. The molecule has 4 nitrogen and oxygen atoms in total. The maximum Gasteiger partial charge on any atom is 0.224 e. The minimum Gasteiger partial charge on any atom is -0.383 e. The highest BCUT2D eigenvalue weighted by Crippen LogP contribution is 2.31. The van der Waals surface area contributed by atoms with E-state index >= 15 is 0 Å². The van der Waals surface area contributed by atoms with Crippen molar-refractivity contribution in [1.82, 2.24) is 10.2 Å². The minimum atomic E-state index is -0.194. The summed E-state index contributed by atoms with van der Waals surface area (Å²) in [5.41, 5.74) is 1.90. The maximum atomic E-state index is 14.1. The Labute approximate surface area is 160 Å². The van der Waals surface area contributed by atoms with Gasteiger partial charge in [0.05, 0.1) is 12.5 Å². The molecule has 1 heterocycles. The van der Waals surface area contributed by atoms with E-state index in [0.29, 0.717) is 31.8 Å². The Hall–Kier alpha value is -2.24. The third-order valence-electron chi connectivity index (χ3n) is 5.13. The van der Waals surface area contributed by atoms with E-state index in [4.69, 9.17) is 4.74 Å². The van der Waals surface area contributed by atoms with E-state index in [2.05, 4.69) is 22.3 Å². The number of nitrogens with zero attached hydrogens (tertiary/aromatic N) is 1. The second-order valence-electron chi connectivity index (χ2n) is 7.11. The van der Waals surface area contributed by atoms with Crippen molar-refractivity contribution in [2.24, 2.45) is 5.92 Å². The van der Waals surface area contributed by atoms with Crippen LogP contribution >= 0.6 is 0 Å². The standard InChI is InChI=1S/C22H27FN2O2/c1-27-12-11-24-22(26)20-13-19(17-7-3-2-4-8-17)15-25(16-20)14-18-9-5-6-10-21(18)23/h2-10,19-20H,11-16H2,1H3,(H,24,26). The van der Waals surface area contributed by atoms with Gasteiger partial charge in [0.25, 0.3) is 0 Å². The Balaban J connectivity index is 1.74. The number of nitrogens with one attached hydrogen (secondary N) is 1. The molecule has 1 amide bonds. The number of carbonyl (C=O) groups excluding carboxylic acids is 1. The molecule has 1 fully saturated rings. The van der Waals surface area contributed by atoms with Crippen molar-refractivity contribution in [2.75, 3.05) is 33.4 Å². The fraction of sp³-hybridized carbons (Fsp3) is 0.409. The van der Waals surface area contributed by atoms with Crippen molar-refractivity contribution in [3.05, 3.63) is 71.5 Å². The van der Waals surface area contributed by atoms with Crippen LogP contribution < -0.4 is 5.32 Å². The van der Waals surface area contributed by atoms with Gasteiger partial charge in [0, 0.05) is 38.9 Å². The Bertz CT molecular complexity index is 738. The molecular weight excluding hydrogens is 343 g/mol. The van der Waals surface area contributed by atoms with Crippen LogP contribution in [0.3, 0.4) is 0 Å². The summed E-state index contributed by atoms with van der Waals surface area (Å²) in [7, 11) is 1.62. The average molecular weight is 370 g/mol. The lowest BCUT2D eigenvalue weighted by Crippen LogP contribution is -2.46. The van der Waals surface area contributed by atoms with E-state index in [1.165, 1.54) is 11.6 Å². The summed E-state index contributed by atoms with van der Waals surface area (Å²) in [6, 6.07) is 17.1. The molecule has 0 radical (unpaired) electrons. The molecule has 27 heavy (non-hydrogen) atoms. The van der Waals surface area contributed by atoms with Crippen LogP contribution in [0.5, 0.6) is 0 Å². The van der Waals surface area contributed by atoms with Gasteiger partial charge in [-0.05, 0) is 24.0 Å². The third-order valence-corrected chi connectivity index (χ3v) is 5.13. The zero-order chi connectivity index (χ0) is 19.1. The number of carbonyl (C=O) groups is 1. The summed E-state index contributed by atoms with van der Waals surface area (Å²) in [4.78, 5) is 14.8. The quantitative estimate of drug-likeness (QED) is 0.761. The van der Waals surface area contributed by atoms with Gasteiger partial charge in [-0.3, -0.25) is 9.69 Å². The molecule has 2 aromatic rings. The van der Waals surface area contributed by atoms with Crippen LogP contribution in [0, 0.1) is 11.7 Å². The van der Waals surface area contributed by atoms with Crippen LogP contribution in [0.4, 0.5) is 4.39 Å². The van der Waals surface area contributed by atoms with Crippen LogP contribution in [0.25, 0.3) is 0 Å². The van der Waals surface area contributed by atoms with Gasteiger partial charge in [-0.2, -0.15) is 0 Å². The van der Waals surface area contributed by atoms with Crippen molar-refractivity contribution in [3.8, 4) is 0 Å². The van der Waals surface area contributed by atoms with Gasteiger partial charge in [-0.15, -0.1) is 0 Å². The number of rotatable bonds is 7. The molecule has 0 aromatic heterocycles. The molecule has 2 aromatic carbocycles. The van der Waals surface area contributed by atoms with Crippen molar-refractivity contribution in [1.29, 1.82) is 0 Å². The molecule has 1 aliphatic heterocycles. The number of hydrogen-bond donors (Lipinski definition) is 1. The van der Waals surface area contributed by atoms with Gasteiger partial charge < -0.3 is 10.1 Å². The zero-order valence-corrected chi connectivity index (χ0v) is 15.7. The summed E-state index contributed by atoms with van der Waals surface area (Å²) < 4.78 is 19.1. The molecule has 1 saturated heterocycles. The lowest BCUT2D eigenvalue weighted by molar-refractivity contribution is -0.127. The lowest BCUT2D eigenvalue weighted by atomic mass is 9.84. The number of ether oxygens (including phenoxy) is 1. The van der Waals surface area contributed by atoms with Gasteiger partial charge in [0.1, 0.15) is 5.82 Å². The highest BCUT2D eigenvalue weighted by molar-refractivity contribution is 5.79. The highest BCUT2D eigenvalue weighted by Gasteiger charge is 2.32. The van der Waals surface area contributed by atoms with E-state index in [1.807, 2.05) is 30.3 Å². The summed E-state index contributed by atoms with van der Waals surface area (Å²) in [6.45, 7) is 2.98. The van der Waals surface area contributed by atoms with Crippen LogP contribution in [-0.4, -0.2) is 44.2 Å². The Morgan fingerprint density at radius 2 is 1.89 bits per heavy atom. The molecule has 0 aliphatic carbocycles. The van der Waals surface area contributed by atoms with E-state index in [9.17, 15) is 9.18 Å². The van der Waals surface area contributed by atoms with Gasteiger partial charge in [0.15, 0.2) is 0 Å². The summed E-state index contributed by atoms with van der Waals surface area (Å²) in [6.07, 6.45) is 0.802. The topological polar surface area (TPSA) is 41.6 Å². The highest BCUT2D eigenvalue weighted by atomic mass is 19.1. The number of benzene rings is 2. The fourth-order valence-electron chi connectivity index (χ4n) is 3.76. The average Bonchev–Trinajstić information content (AvgIpc) is 2.70. The molecule has 5 heteroatoms. The Kier molecular flexibility index (Phi) is 6.96. The number of likely N-dealkylation sites (tertiary alicyclic amines) is 1. The smallest absolute Gasteiger partial charge is 0.224 e. The first-order valence-electron chi connectivity index (χ1n) is 9.44. The monoisotopic (exact) mass is 370 g/mol. The van der Waals surface area contributed by atoms with Crippen LogP contribution in [0.1, 0.15) is 23.5 Å². The Morgan fingerprint density at radius 1 is 1.15 bits per heavy atom. The molecule has 1 aliphatic rings. The molecule has 2 atom stereocenters. The van der Waals surface area contributed by atoms with Crippen molar-refractivity contribution in [2.45, 2.75) is 18.9 Å². The molecule has 3 rings (SSSR count). The first-order chi connectivity index (χ1) is 13.2. The summed E-state index contributed by atoms with van der Waals surface area (Å²) >= 11 is 0. The molecular formula is C22H27FN2O2. The van der Waals surface area contributed by atoms with Crippen molar-refractivity contribution < 1.29 is 13.9 Å². The molecule has 144 valence electrons. The van der Waals surface area contributed by atoms with Crippen LogP contribution in [-0.2, 0) is 16.1 Å². The van der Waals surface area contributed by atoms with Crippen molar-refractivity contribution in [3.63, 3.8) is 0 Å². The number of hydrogen-bond acceptors (Lipinski definition) is 3. The second-order valence-corrected chi connectivity index (χ2v) is 7.11. The first kappa shape index (κ1) is 19.5. The largest absolute Gasteiger partial charge is 0.383 e. The van der Waals surface area contributed by atoms with E-state index < -0.39 is 0 Å². The van der Waals surface area contributed by atoms with Crippen LogP contribution in [0.2, 0.25) is 0 Å². The zero-order valence-electron chi connectivity index (χ0n) is 15.7. The van der Waals surface area contributed by atoms with E-state index in [0.717, 1.165) is 13.0 Å². The van der Waals surface area contributed by atoms with Crippen LogP contribution in [0.15, 0.2) is 54.6 Å². The lowest BCUT2D eigenvalue weighted by Gasteiger charge is -2.37. The molecule has 2 unspecified atom stereocenters. The summed E-state index contributed by atoms with van der Waals surface area (Å²) in [5.74, 6) is -0.0101. The van der Waals surface area contributed by atoms with E-state index in [-0.39, 0.29) is 23.6 Å². The van der Waals surface area contributed by atoms with Gasteiger partial charge in [-0.1, -0.05) is 48.5 Å². The molecule has 0 bridgehead atoms. The number of methoxy groups -OCH3 is 1. The van der Waals surface area contributed by atoms with E-state index in [1.54, 1.807) is 13.2 Å². The predicted octanol–water partition coefficient (Wildman–Crippen LogP) is 3.19. The van der Waals surface area contributed by atoms with Gasteiger partial charge in [-0.25, -0.2) is 4.39 Å². The number of amides is 1. The summed E-state index contributed by atoms with van der Waals surface area (Å²) in [5, 5.41) is 2.96. The van der Waals surface area contributed by atoms with Gasteiger partial charge >= 0.3 is 0 Å². The normalized spacial score (nSPS) is 20.4. The van der Waals surface area contributed by atoms with Crippen molar-refractivity contribution >= 4 is 5.91 Å². The number of piperidine rings is 1. The predicted molar refractivity (Wildman–Crippen MR) is 104 cm³/mol. The number of halogens is 1.